The number of quaternary nitrogens is 1. The van der Waals surface area contributed by atoms with E-state index >= 15 is 0 Å². The molecule has 4 aliphatic rings. The van der Waals surface area contributed by atoms with Crippen molar-refractivity contribution in [2.75, 3.05) is 0 Å². The van der Waals surface area contributed by atoms with Crippen molar-refractivity contribution in [1.29, 1.82) is 0 Å². The molecule has 6 heteroatoms. The first-order chi connectivity index (χ1) is 8.74. The molecule has 5 nitrogen and oxygen atoms in total. The van der Waals surface area contributed by atoms with Crippen LogP contribution in [0.4, 0.5) is 0 Å². The van der Waals surface area contributed by atoms with E-state index in [4.69, 9.17) is 0 Å². The predicted octanol–water partition coefficient (Wildman–Crippen LogP) is -2.11. The summed E-state index contributed by atoms with van der Waals surface area (Å²) in [6.07, 6.45) is 5.83. The van der Waals surface area contributed by atoms with Crippen molar-refractivity contribution < 1.29 is 37.9 Å². The van der Waals surface area contributed by atoms with Crippen LogP contribution in [0, 0.1) is 16.7 Å². The Hall–Kier alpha value is -0.810. The Morgan fingerprint density at radius 1 is 0.950 bits per heavy atom. The first-order valence-corrected chi connectivity index (χ1v) is 7.03. The number of aliphatic carboxylic acids is 2. The fourth-order valence-electron chi connectivity index (χ4n) is 6.10. The Morgan fingerprint density at radius 3 is 1.75 bits per heavy atom. The van der Waals surface area contributed by atoms with E-state index in [0.29, 0.717) is 5.92 Å². The van der Waals surface area contributed by atoms with Gasteiger partial charge >= 0.3 is 11.9 Å². The van der Waals surface area contributed by atoms with Gasteiger partial charge in [0, 0.05) is 19.3 Å². The molecule has 4 fully saturated rings. The largest absolute Gasteiger partial charge is 1.00 e. The maximum atomic E-state index is 11.2. The van der Waals surface area contributed by atoms with E-state index in [1.807, 2.05) is 0 Å². The van der Waals surface area contributed by atoms with Gasteiger partial charge in [0.2, 0.25) is 0 Å². The predicted molar refractivity (Wildman–Crippen MR) is 66.2 cm³/mol. The van der Waals surface area contributed by atoms with Crippen LogP contribution in [0.15, 0.2) is 0 Å². The maximum absolute atomic E-state index is 11.2. The van der Waals surface area contributed by atoms with Crippen LogP contribution in [0.5, 0.6) is 0 Å². The molecule has 5 N–H and O–H groups in total. The third-order valence-electron chi connectivity index (χ3n) is 5.47. The van der Waals surface area contributed by atoms with Gasteiger partial charge < -0.3 is 28.4 Å². The first kappa shape index (κ1) is 15.6. The molecule has 0 aromatic carbocycles. The highest BCUT2D eigenvalue weighted by atomic mass is 35.5. The molecular weight excluding hydrogens is 282 g/mol. The second-order valence-corrected chi connectivity index (χ2v) is 7.65. The smallest absolute Gasteiger partial charge is 0.303 e. The average Bonchev–Trinajstić information content (AvgIpc) is 2.06. The van der Waals surface area contributed by atoms with Crippen molar-refractivity contribution in [2.45, 2.75) is 56.9 Å². The van der Waals surface area contributed by atoms with Crippen LogP contribution >= 0.6 is 0 Å². The molecule has 2 atom stereocenters. The van der Waals surface area contributed by atoms with E-state index in [2.05, 4.69) is 5.73 Å². The van der Waals surface area contributed by atoms with Crippen LogP contribution in [-0.4, -0.2) is 27.7 Å². The maximum Gasteiger partial charge on any atom is 0.303 e. The Bertz CT molecular complexity index is 420. The third kappa shape index (κ3) is 2.53. The van der Waals surface area contributed by atoms with E-state index in [1.54, 1.807) is 0 Å². The molecule has 4 aliphatic carbocycles. The summed E-state index contributed by atoms with van der Waals surface area (Å²) in [5.41, 5.74) is 3.89. The molecule has 0 aliphatic heterocycles. The molecule has 0 spiro atoms. The highest BCUT2D eigenvalue weighted by Gasteiger charge is 2.64. The monoisotopic (exact) mass is 303 g/mol. The zero-order valence-electron chi connectivity index (χ0n) is 11.5. The molecule has 4 saturated carbocycles. The average molecular weight is 304 g/mol. The van der Waals surface area contributed by atoms with Gasteiger partial charge in [0.15, 0.2) is 0 Å². The van der Waals surface area contributed by atoms with Gasteiger partial charge in [-0.05, 0) is 36.0 Å². The van der Waals surface area contributed by atoms with Gasteiger partial charge in [0.25, 0.3) is 0 Å². The van der Waals surface area contributed by atoms with Gasteiger partial charge in [-0.15, -0.1) is 0 Å². The van der Waals surface area contributed by atoms with E-state index in [0.717, 1.165) is 38.5 Å². The lowest BCUT2D eigenvalue weighted by Crippen LogP contribution is -3.00. The van der Waals surface area contributed by atoms with Gasteiger partial charge in [0.1, 0.15) is 0 Å². The number of carboxylic acids is 2. The van der Waals surface area contributed by atoms with Crippen molar-refractivity contribution in [3.63, 3.8) is 0 Å². The van der Waals surface area contributed by atoms with Crippen LogP contribution in [-0.2, 0) is 9.59 Å². The Balaban J connectivity index is 0.00000147. The second kappa shape index (κ2) is 4.60. The van der Waals surface area contributed by atoms with Crippen LogP contribution in [0.25, 0.3) is 0 Å². The van der Waals surface area contributed by atoms with Crippen LogP contribution in [0.1, 0.15) is 51.4 Å². The summed E-state index contributed by atoms with van der Waals surface area (Å²) in [5.74, 6) is -1.03. The normalized spacial score (nSPS) is 45.0. The lowest BCUT2D eigenvalue weighted by atomic mass is 9.41. The van der Waals surface area contributed by atoms with Crippen LogP contribution in [0.3, 0.4) is 0 Å². The summed E-state index contributed by atoms with van der Waals surface area (Å²) >= 11 is 0. The molecule has 0 radical (unpaired) electrons. The number of carbonyl (C=O) groups is 2. The second-order valence-electron chi connectivity index (χ2n) is 7.65. The lowest BCUT2D eigenvalue weighted by molar-refractivity contribution is -0.515. The summed E-state index contributed by atoms with van der Waals surface area (Å²) < 4.78 is 0. The molecule has 2 unspecified atom stereocenters. The first-order valence-electron chi connectivity index (χ1n) is 7.03. The highest BCUT2D eigenvalue weighted by Crippen LogP contribution is 2.67. The number of hydrogen-bond acceptors (Lipinski definition) is 2. The minimum absolute atomic E-state index is 0. The SMILES string of the molecule is [Cl-].[NH3+]C12CC3CC(CC(=O)O)(C1)CC(CC(=O)O)(C3)C2. The van der Waals surface area contributed by atoms with Crippen LogP contribution < -0.4 is 18.1 Å². The lowest BCUT2D eigenvalue weighted by Gasteiger charge is -2.63. The number of carboxylic acid groups (broad SMARTS) is 2. The minimum Gasteiger partial charge on any atom is -1.00 e. The minimum atomic E-state index is -0.754. The molecule has 20 heavy (non-hydrogen) atoms. The zero-order valence-corrected chi connectivity index (χ0v) is 12.3. The van der Waals surface area contributed by atoms with Crippen molar-refractivity contribution in [3.05, 3.63) is 0 Å². The molecule has 0 aromatic rings. The number of hydrogen-bond donors (Lipinski definition) is 3. The molecule has 0 heterocycles. The Labute approximate surface area is 124 Å². The van der Waals surface area contributed by atoms with E-state index < -0.39 is 11.9 Å². The van der Waals surface area contributed by atoms with Crippen molar-refractivity contribution in [1.82, 2.24) is 0 Å². The third-order valence-corrected chi connectivity index (χ3v) is 5.47. The van der Waals surface area contributed by atoms with Crippen molar-refractivity contribution >= 4 is 11.9 Å². The zero-order chi connectivity index (χ0) is 13.9. The molecule has 0 aromatic heterocycles. The topological polar surface area (TPSA) is 102 Å². The fourth-order valence-corrected chi connectivity index (χ4v) is 6.10. The van der Waals surface area contributed by atoms with Crippen LogP contribution in [0.2, 0.25) is 0 Å². The van der Waals surface area contributed by atoms with Gasteiger partial charge in [-0.1, -0.05) is 0 Å². The number of halogens is 1. The van der Waals surface area contributed by atoms with Crippen molar-refractivity contribution in [2.24, 2.45) is 16.7 Å². The molecule has 0 amide bonds. The van der Waals surface area contributed by atoms with Crippen molar-refractivity contribution in [3.8, 4) is 0 Å². The molecule has 114 valence electrons. The fraction of sp³-hybridized carbons (Fsp3) is 0.857. The number of rotatable bonds is 4. The van der Waals surface area contributed by atoms with Gasteiger partial charge in [-0.2, -0.15) is 0 Å². The summed E-state index contributed by atoms with van der Waals surface area (Å²) in [6, 6.07) is 0. The van der Waals surface area contributed by atoms with E-state index in [1.165, 1.54) is 0 Å². The highest BCUT2D eigenvalue weighted by molar-refractivity contribution is 5.69. The molecular formula is C14H22ClNO4. The quantitative estimate of drug-likeness (QED) is 0.553. The van der Waals surface area contributed by atoms with Gasteiger partial charge in [-0.3, -0.25) is 9.59 Å². The molecule has 4 bridgehead atoms. The van der Waals surface area contributed by atoms with E-state index in [9.17, 15) is 19.8 Å². The standard InChI is InChI=1S/C14H21NO4.ClH/c15-14-3-9-1-12(7-14,4-10(16)17)6-13(2-9,8-14)5-11(18)19;/h9H,1-8,15H2,(H,16,17)(H,18,19);1H. The molecule has 0 saturated heterocycles. The summed E-state index contributed by atoms with van der Waals surface area (Å²) in [4.78, 5) is 22.4. The summed E-state index contributed by atoms with van der Waals surface area (Å²) in [6.45, 7) is 0. The van der Waals surface area contributed by atoms with Gasteiger partial charge in [-0.25, -0.2) is 0 Å². The van der Waals surface area contributed by atoms with Gasteiger partial charge in [0.05, 0.1) is 18.4 Å². The summed E-state index contributed by atoms with van der Waals surface area (Å²) in [5, 5.41) is 18.4. The summed E-state index contributed by atoms with van der Waals surface area (Å²) in [7, 11) is 0. The Morgan fingerprint density at radius 2 is 1.40 bits per heavy atom. The van der Waals surface area contributed by atoms with E-state index in [-0.39, 0.29) is 41.6 Å². The Kier molecular flexibility index (Phi) is 3.58. The molecule has 4 rings (SSSR count).